The Bertz CT molecular complexity index is 651. The molecule has 4 N–H and O–H groups in total. The van der Waals surface area contributed by atoms with Crippen molar-refractivity contribution in [3.8, 4) is 0 Å². The van der Waals surface area contributed by atoms with Gasteiger partial charge in [0, 0.05) is 13.0 Å². The first-order valence-electron chi connectivity index (χ1n) is 15.1. The highest BCUT2D eigenvalue weighted by molar-refractivity contribution is 7.47. The topological polar surface area (TPSA) is 155 Å². The van der Waals surface area contributed by atoms with Crippen molar-refractivity contribution in [2.75, 3.05) is 26.4 Å². The molecule has 0 bridgehead atoms. The normalized spacial score (nSPS) is 14.6. The number of nitrogens with two attached hydrogens (primary N) is 1. The number of hydrogen-bond donors (Lipinski definition) is 3. The van der Waals surface area contributed by atoms with Crippen LogP contribution in [0.2, 0.25) is 0 Å². The number of rotatable bonds is 29. The fourth-order valence-corrected chi connectivity index (χ4v) is 4.73. The Labute approximate surface area is 236 Å². The lowest BCUT2D eigenvalue weighted by atomic mass is 10.1. The monoisotopic (exact) mass is 581 g/mol. The minimum Gasteiger partial charge on any atom is -0.480 e. The van der Waals surface area contributed by atoms with Crippen LogP contribution in [-0.4, -0.2) is 60.5 Å². The summed E-state index contributed by atoms with van der Waals surface area (Å²) in [7, 11) is -4.58. The van der Waals surface area contributed by atoms with Gasteiger partial charge in [-0.2, -0.15) is 0 Å². The predicted octanol–water partition coefficient (Wildman–Crippen LogP) is 6.52. The molecule has 0 aromatic rings. The second kappa shape index (κ2) is 25.9. The smallest absolute Gasteiger partial charge is 0.472 e. The summed E-state index contributed by atoms with van der Waals surface area (Å²) in [6.45, 7) is 3.79. The van der Waals surface area contributed by atoms with Crippen molar-refractivity contribution in [2.45, 2.75) is 142 Å². The lowest BCUT2D eigenvalue weighted by Crippen LogP contribution is -2.34. The average Bonchev–Trinajstić information content (AvgIpc) is 2.90. The summed E-state index contributed by atoms with van der Waals surface area (Å²) in [6.07, 6.45) is 19.0. The summed E-state index contributed by atoms with van der Waals surface area (Å²) in [5, 5.41) is 8.79. The maximum absolute atomic E-state index is 12.3. The first-order valence-corrected chi connectivity index (χ1v) is 16.6. The zero-order chi connectivity index (χ0) is 29.2. The SMILES string of the molecule is CCCCCCCCCCCCOCC(COP(=O)(O)OCC(N)C(=O)O)OC(=O)CCCCCCCCC. The van der Waals surface area contributed by atoms with Gasteiger partial charge in [-0.3, -0.25) is 18.6 Å². The number of unbranched alkanes of at least 4 members (excludes halogenated alkanes) is 15. The van der Waals surface area contributed by atoms with Gasteiger partial charge in [-0.15, -0.1) is 0 Å². The Morgan fingerprint density at radius 2 is 1.18 bits per heavy atom. The van der Waals surface area contributed by atoms with E-state index in [0.717, 1.165) is 38.5 Å². The first-order chi connectivity index (χ1) is 18.7. The fourth-order valence-electron chi connectivity index (χ4n) is 3.95. The Morgan fingerprint density at radius 1 is 0.718 bits per heavy atom. The molecule has 0 aliphatic heterocycles. The van der Waals surface area contributed by atoms with Gasteiger partial charge in [0.2, 0.25) is 0 Å². The van der Waals surface area contributed by atoms with E-state index in [4.69, 9.17) is 24.8 Å². The summed E-state index contributed by atoms with van der Waals surface area (Å²) in [4.78, 5) is 33.0. The second-order valence-corrected chi connectivity index (χ2v) is 11.7. The van der Waals surface area contributed by atoms with E-state index in [9.17, 15) is 19.0 Å². The predicted molar refractivity (Wildman–Crippen MR) is 152 cm³/mol. The quantitative estimate of drug-likeness (QED) is 0.0505. The lowest BCUT2D eigenvalue weighted by molar-refractivity contribution is -0.154. The molecule has 3 unspecified atom stereocenters. The van der Waals surface area contributed by atoms with Gasteiger partial charge in [-0.05, 0) is 12.8 Å². The molecular weight excluding hydrogens is 525 g/mol. The third kappa shape index (κ3) is 25.7. The number of carboxylic acid groups (broad SMARTS) is 1. The van der Waals surface area contributed by atoms with Crippen LogP contribution in [0.25, 0.3) is 0 Å². The average molecular weight is 582 g/mol. The molecule has 0 rings (SSSR count). The molecule has 11 heteroatoms. The molecule has 39 heavy (non-hydrogen) atoms. The molecule has 0 spiro atoms. The zero-order valence-electron chi connectivity index (χ0n) is 24.5. The van der Waals surface area contributed by atoms with Crippen LogP contribution in [0, 0.1) is 0 Å². The van der Waals surface area contributed by atoms with E-state index < -0.39 is 45.1 Å². The molecule has 0 aromatic heterocycles. The van der Waals surface area contributed by atoms with Gasteiger partial charge in [-0.1, -0.05) is 110 Å². The van der Waals surface area contributed by atoms with Crippen molar-refractivity contribution in [1.82, 2.24) is 0 Å². The molecule has 0 aliphatic rings. The van der Waals surface area contributed by atoms with Crippen LogP contribution in [0.4, 0.5) is 0 Å². The van der Waals surface area contributed by atoms with E-state index in [0.29, 0.717) is 13.0 Å². The Morgan fingerprint density at radius 3 is 1.69 bits per heavy atom. The molecule has 0 amide bonds. The second-order valence-electron chi connectivity index (χ2n) is 10.2. The molecule has 0 aromatic carbocycles. The zero-order valence-corrected chi connectivity index (χ0v) is 25.4. The number of aliphatic carboxylic acids is 1. The highest BCUT2D eigenvalue weighted by Crippen LogP contribution is 2.43. The third-order valence-corrected chi connectivity index (χ3v) is 7.34. The molecule has 0 heterocycles. The van der Waals surface area contributed by atoms with E-state index in [2.05, 4.69) is 18.4 Å². The largest absolute Gasteiger partial charge is 0.480 e. The molecule has 0 aliphatic carbocycles. The van der Waals surface area contributed by atoms with E-state index in [-0.39, 0.29) is 13.0 Å². The van der Waals surface area contributed by atoms with E-state index in [1.165, 1.54) is 64.2 Å². The van der Waals surface area contributed by atoms with Crippen LogP contribution in [0.1, 0.15) is 129 Å². The molecule has 0 saturated heterocycles. The number of phosphoric ester groups is 1. The molecule has 10 nitrogen and oxygen atoms in total. The van der Waals surface area contributed by atoms with Crippen LogP contribution in [-0.2, 0) is 32.7 Å². The van der Waals surface area contributed by atoms with Gasteiger partial charge < -0.3 is 25.2 Å². The van der Waals surface area contributed by atoms with Gasteiger partial charge in [0.25, 0.3) is 0 Å². The van der Waals surface area contributed by atoms with Gasteiger partial charge in [0.15, 0.2) is 0 Å². The summed E-state index contributed by atoms with van der Waals surface area (Å²) in [5.41, 5.74) is 5.29. The van der Waals surface area contributed by atoms with Crippen molar-refractivity contribution in [2.24, 2.45) is 5.73 Å². The minimum atomic E-state index is -4.58. The Balaban J connectivity index is 4.38. The minimum absolute atomic E-state index is 0.0226. The van der Waals surface area contributed by atoms with Gasteiger partial charge in [-0.25, -0.2) is 4.57 Å². The van der Waals surface area contributed by atoms with Gasteiger partial charge >= 0.3 is 19.8 Å². The highest BCUT2D eigenvalue weighted by atomic mass is 31.2. The van der Waals surface area contributed by atoms with Gasteiger partial charge in [0.1, 0.15) is 12.1 Å². The van der Waals surface area contributed by atoms with Crippen molar-refractivity contribution < 1.29 is 42.7 Å². The number of carboxylic acids is 1. The summed E-state index contributed by atoms with van der Waals surface area (Å²) >= 11 is 0. The Hall–Kier alpha value is -1.03. The highest BCUT2D eigenvalue weighted by Gasteiger charge is 2.27. The maximum Gasteiger partial charge on any atom is 0.472 e. The molecule has 232 valence electrons. The lowest BCUT2D eigenvalue weighted by Gasteiger charge is -2.20. The molecule has 0 fully saturated rings. The van der Waals surface area contributed by atoms with Crippen molar-refractivity contribution in [3.05, 3.63) is 0 Å². The third-order valence-electron chi connectivity index (χ3n) is 6.39. The van der Waals surface area contributed by atoms with E-state index in [1.807, 2.05) is 0 Å². The number of phosphoric acid groups is 1. The van der Waals surface area contributed by atoms with Crippen LogP contribution >= 0.6 is 7.82 Å². The summed E-state index contributed by atoms with van der Waals surface area (Å²) < 4.78 is 32.8. The first kappa shape index (κ1) is 38.0. The van der Waals surface area contributed by atoms with Crippen LogP contribution in [0.3, 0.4) is 0 Å². The van der Waals surface area contributed by atoms with Crippen molar-refractivity contribution in [1.29, 1.82) is 0 Å². The molecule has 0 saturated carbocycles. The fraction of sp³-hybridized carbons (Fsp3) is 0.929. The number of ether oxygens (including phenoxy) is 2. The van der Waals surface area contributed by atoms with Gasteiger partial charge in [0.05, 0.1) is 19.8 Å². The molecule has 0 radical (unpaired) electrons. The van der Waals surface area contributed by atoms with Crippen LogP contribution < -0.4 is 5.73 Å². The van der Waals surface area contributed by atoms with Crippen LogP contribution in [0.5, 0.6) is 0 Å². The molecule has 3 atom stereocenters. The number of carbonyl (C=O) groups is 2. The number of esters is 1. The summed E-state index contributed by atoms with van der Waals surface area (Å²) in [5.74, 6) is -1.78. The number of hydrogen-bond acceptors (Lipinski definition) is 8. The maximum atomic E-state index is 12.3. The number of carbonyl (C=O) groups excluding carboxylic acids is 1. The van der Waals surface area contributed by atoms with Crippen molar-refractivity contribution >= 4 is 19.8 Å². The van der Waals surface area contributed by atoms with E-state index in [1.54, 1.807) is 0 Å². The summed E-state index contributed by atoms with van der Waals surface area (Å²) in [6, 6.07) is -1.46. The van der Waals surface area contributed by atoms with E-state index >= 15 is 0 Å². The Kier molecular flexibility index (Phi) is 25.2. The standard InChI is InChI=1S/C28H56NO9P/c1-3-5-7-9-11-12-13-15-17-19-21-35-22-25(23-36-39(33,34)37-24-26(29)28(31)32)38-27(30)20-18-16-14-10-8-6-4-2/h25-26H,3-24,29H2,1-2H3,(H,31,32)(H,33,34). The van der Waals surface area contributed by atoms with Crippen LogP contribution in [0.15, 0.2) is 0 Å². The van der Waals surface area contributed by atoms with Crippen molar-refractivity contribution in [3.63, 3.8) is 0 Å². The molecular formula is C28H56NO9P.